The molecule has 0 unspecified atom stereocenters. The number of carbonyl (C=O) groups excluding carboxylic acids is 1. The summed E-state index contributed by atoms with van der Waals surface area (Å²) in [4.78, 5) is 20.6. The van der Waals surface area contributed by atoms with Crippen molar-refractivity contribution in [1.82, 2.24) is 9.97 Å². The number of Topliss-reactive ketones (excluding diaryl/α,β-unsaturated/α-hetero) is 1. The summed E-state index contributed by atoms with van der Waals surface area (Å²) in [6.45, 7) is 0. The van der Waals surface area contributed by atoms with Gasteiger partial charge in [0, 0.05) is 24.2 Å². The van der Waals surface area contributed by atoms with Gasteiger partial charge in [-0.3, -0.25) is 14.8 Å². The van der Waals surface area contributed by atoms with Crippen LogP contribution in [0.5, 0.6) is 0 Å². The molecular weight excluding hydrogens is 236 g/mol. The van der Waals surface area contributed by atoms with Crippen LogP contribution in [-0.2, 0) is 6.42 Å². The van der Waals surface area contributed by atoms with Crippen molar-refractivity contribution in [2.24, 2.45) is 0 Å². The van der Waals surface area contributed by atoms with E-state index < -0.39 is 0 Å². The number of hydrogen-bond donors (Lipinski definition) is 0. The molecule has 0 aliphatic heterocycles. The lowest BCUT2D eigenvalue weighted by atomic mass is 10.0. The number of nitrogens with zero attached hydrogens (tertiary/aromatic N) is 2. The lowest BCUT2D eigenvalue weighted by molar-refractivity contribution is 0.0988. The lowest BCUT2D eigenvalue weighted by Gasteiger charge is -2.05. The molecule has 3 rings (SSSR count). The molecule has 0 amide bonds. The van der Waals surface area contributed by atoms with Gasteiger partial charge in [-0.1, -0.05) is 24.3 Å². The van der Waals surface area contributed by atoms with Crippen LogP contribution in [0.1, 0.15) is 16.1 Å². The van der Waals surface area contributed by atoms with Gasteiger partial charge in [0.1, 0.15) is 5.69 Å². The van der Waals surface area contributed by atoms with Crippen molar-refractivity contribution in [2.45, 2.75) is 6.42 Å². The fraction of sp³-hybridized carbons (Fsp3) is 0.0625. The van der Waals surface area contributed by atoms with Crippen LogP contribution in [0.2, 0.25) is 0 Å². The Morgan fingerprint density at radius 3 is 2.58 bits per heavy atom. The first-order valence-electron chi connectivity index (χ1n) is 6.11. The predicted octanol–water partition coefficient (Wildman–Crippen LogP) is 3.06. The summed E-state index contributed by atoms with van der Waals surface area (Å²) in [6, 6.07) is 15.1. The minimum absolute atomic E-state index is 0.0250. The molecule has 0 saturated carbocycles. The summed E-state index contributed by atoms with van der Waals surface area (Å²) in [5.41, 5.74) is 2.40. The van der Waals surface area contributed by atoms with Crippen LogP contribution in [0.15, 0.2) is 60.9 Å². The van der Waals surface area contributed by atoms with Gasteiger partial charge in [-0.25, -0.2) is 0 Å². The third kappa shape index (κ3) is 2.36. The van der Waals surface area contributed by atoms with E-state index in [1.54, 1.807) is 24.5 Å². The highest BCUT2D eigenvalue weighted by Gasteiger charge is 2.10. The Labute approximate surface area is 111 Å². The second-order valence-electron chi connectivity index (χ2n) is 4.30. The SMILES string of the molecule is O=C(Cc1ccnc2ccccc12)c1ccccn1. The van der Waals surface area contributed by atoms with E-state index in [4.69, 9.17) is 0 Å². The Morgan fingerprint density at radius 2 is 1.74 bits per heavy atom. The maximum absolute atomic E-state index is 12.2. The Bertz CT molecular complexity index is 718. The third-order valence-electron chi connectivity index (χ3n) is 3.04. The normalized spacial score (nSPS) is 10.5. The van der Waals surface area contributed by atoms with Crippen molar-refractivity contribution in [3.8, 4) is 0 Å². The van der Waals surface area contributed by atoms with Gasteiger partial charge in [0.25, 0.3) is 0 Å². The van der Waals surface area contributed by atoms with E-state index >= 15 is 0 Å². The molecule has 3 nitrogen and oxygen atoms in total. The van der Waals surface area contributed by atoms with Gasteiger partial charge >= 0.3 is 0 Å². The van der Waals surface area contributed by atoms with E-state index in [1.165, 1.54) is 0 Å². The monoisotopic (exact) mass is 248 g/mol. The molecule has 1 aromatic carbocycles. The summed E-state index contributed by atoms with van der Waals surface area (Å²) in [6.07, 6.45) is 3.72. The van der Waals surface area contributed by atoms with E-state index in [0.717, 1.165) is 16.5 Å². The number of hydrogen-bond acceptors (Lipinski definition) is 3. The first kappa shape index (κ1) is 11.5. The van der Waals surface area contributed by atoms with Gasteiger partial charge in [0.05, 0.1) is 5.52 Å². The van der Waals surface area contributed by atoms with Crippen molar-refractivity contribution >= 4 is 16.7 Å². The number of rotatable bonds is 3. The number of benzene rings is 1. The van der Waals surface area contributed by atoms with Crippen LogP contribution in [0.3, 0.4) is 0 Å². The van der Waals surface area contributed by atoms with E-state index in [1.807, 2.05) is 36.4 Å². The molecule has 92 valence electrons. The number of carbonyl (C=O) groups is 1. The zero-order valence-electron chi connectivity index (χ0n) is 10.3. The zero-order chi connectivity index (χ0) is 13.1. The minimum atomic E-state index is 0.0250. The summed E-state index contributed by atoms with van der Waals surface area (Å²) in [5.74, 6) is 0.0250. The number of para-hydroxylation sites is 1. The van der Waals surface area contributed by atoms with Crippen molar-refractivity contribution in [2.75, 3.05) is 0 Å². The third-order valence-corrected chi connectivity index (χ3v) is 3.04. The molecule has 3 aromatic rings. The fourth-order valence-electron chi connectivity index (χ4n) is 2.10. The van der Waals surface area contributed by atoms with E-state index in [9.17, 15) is 4.79 Å². The summed E-state index contributed by atoms with van der Waals surface area (Å²) in [5, 5.41) is 1.02. The Hall–Kier alpha value is -2.55. The first-order chi connectivity index (χ1) is 9.34. The Balaban J connectivity index is 1.96. The quantitative estimate of drug-likeness (QED) is 0.669. The standard InChI is InChI=1S/C16H12N2O/c19-16(15-7-3-4-9-17-15)11-12-8-10-18-14-6-2-1-5-13(12)14/h1-10H,11H2. The van der Waals surface area contributed by atoms with Crippen LogP contribution in [0.25, 0.3) is 10.9 Å². The van der Waals surface area contributed by atoms with Gasteiger partial charge in [-0.2, -0.15) is 0 Å². The second-order valence-corrected chi connectivity index (χ2v) is 4.30. The van der Waals surface area contributed by atoms with Gasteiger partial charge in [-0.05, 0) is 29.8 Å². The van der Waals surface area contributed by atoms with E-state index in [0.29, 0.717) is 12.1 Å². The molecule has 0 fully saturated rings. The Kier molecular flexibility index (Phi) is 3.02. The van der Waals surface area contributed by atoms with Crippen molar-refractivity contribution < 1.29 is 4.79 Å². The number of aromatic nitrogens is 2. The highest BCUT2D eigenvalue weighted by Crippen LogP contribution is 2.17. The van der Waals surface area contributed by atoms with Crippen molar-refractivity contribution in [3.63, 3.8) is 0 Å². The van der Waals surface area contributed by atoms with Gasteiger partial charge < -0.3 is 0 Å². The van der Waals surface area contributed by atoms with Crippen molar-refractivity contribution in [1.29, 1.82) is 0 Å². The largest absolute Gasteiger partial charge is 0.292 e. The molecule has 19 heavy (non-hydrogen) atoms. The molecular formula is C16H12N2O. The predicted molar refractivity (Wildman–Crippen MR) is 74.0 cm³/mol. The smallest absolute Gasteiger partial charge is 0.185 e. The molecule has 0 aliphatic rings. The lowest BCUT2D eigenvalue weighted by Crippen LogP contribution is -2.06. The van der Waals surface area contributed by atoms with Crippen LogP contribution < -0.4 is 0 Å². The summed E-state index contributed by atoms with van der Waals surface area (Å²) in [7, 11) is 0. The fourth-order valence-corrected chi connectivity index (χ4v) is 2.10. The van der Waals surface area contributed by atoms with E-state index in [2.05, 4.69) is 9.97 Å². The molecule has 0 bridgehead atoms. The number of fused-ring (bicyclic) bond motifs is 1. The second kappa shape index (κ2) is 4.98. The molecule has 3 heteroatoms. The van der Waals surface area contributed by atoms with E-state index in [-0.39, 0.29) is 5.78 Å². The minimum Gasteiger partial charge on any atom is -0.292 e. The molecule has 2 heterocycles. The molecule has 0 atom stereocenters. The number of ketones is 1. The molecule has 0 N–H and O–H groups in total. The average Bonchev–Trinajstić information content (AvgIpc) is 2.48. The molecule has 2 aromatic heterocycles. The van der Waals surface area contributed by atoms with Gasteiger partial charge in [-0.15, -0.1) is 0 Å². The van der Waals surface area contributed by atoms with Crippen LogP contribution in [0.4, 0.5) is 0 Å². The summed E-state index contributed by atoms with van der Waals surface area (Å²) < 4.78 is 0. The molecule has 0 saturated heterocycles. The zero-order valence-corrected chi connectivity index (χ0v) is 10.3. The van der Waals surface area contributed by atoms with Crippen molar-refractivity contribution in [3.05, 3.63) is 72.2 Å². The molecule has 0 radical (unpaired) electrons. The number of pyridine rings is 2. The van der Waals surface area contributed by atoms with Gasteiger partial charge in [0.2, 0.25) is 0 Å². The highest BCUT2D eigenvalue weighted by atomic mass is 16.1. The molecule has 0 spiro atoms. The molecule has 0 aliphatic carbocycles. The Morgan fingerprint density at radius 1 is 0.895 bits per heavy atom. The average molecular weight is 248 g/mol. The van der Waals surface area contributed by atoms with Crippen LogP contribution in [-0.4, -0.2) is 15.8 Å². The summed E-state index contributed by atoms with van der Waals surface area (Å²) >= 11 is 0. The maximum Gasteiger partial charge on any atom is 0.185 e. The first-order valence-corrected chi connectivity index (χ1v) is 6.11. The topological polar surface area (TPSA) is 42.9 Å². The highest BCUT2D eigenvalue weighted by molar-refractivity contribution is 5.98. The van der Waals surface area contributed by atoms with Crippen LogP contribution in [0, 0.1) is 0 Å². The maximum atomic E-state index is 12.2. The van der Waals surface area contributed by atoms with Crippen LogP contribution >= 0.6 is 0 Å². The van der Waals surface area contributed by atoms with Gasteiger partial charge in [0.15, 0.2) is 5.78 Å².